The Morgan fingerprint density at radius 2 is 1.90 bits per heavy atom. The molecule has 1 aliphatic rings. The van der Waals surface area contributed by atoms with Gasteiger partial charge in [-0.2, -0.15) is 0 Å². The predicted molar refractivity (Wildman–Crippen MR) is 79.4 cm³/mol. The lowest BCUT2D eigenvalue weighted by atomic mass is 9.82. The van der Waals surface area contributed by atoms with Crippen LogP contribution < -0.4 is 5.32 Å². The summed E-state index contributed by atoms with van der Waals surface area (Å²) in [6, 6.07) is 0. The van der Waals surface area contributed by atoms with Gasteiger partial charge in [-0.15, -0.1) is 0 Å². The zero-order valence-electron chi connectivity index (χ0n) is 12.9. The highest BCUT2D eigenvalue weighted by Crippen LogP contribution is 2.30. The van der Waals surface area contributed by atoms with Crippen LogP contribution in [0.5, 0.6) is 0 Å². The van der Waals surface area contributed by atoms with Crippen molar-refractivity contribution >= 4 is 11.9 Å². The number of carbonyl (C=O) groups excluding carboxylic acids is 1. The molecule has 2 N–H and O–H groups in total. The monoisotopic (exact) mass is 283 g/mol. The van der Waals surface area contributed by atoms with Crippen LogP contribution in [0.1, 0.15) is 65.2 Å². The molecule has 0 saturated heterocycles. The molecule has 4 heteroatoms. The molecule has 0 aromatic carbocycles. The van der Waals surface area contributed by atoms with Gasteiger partial charge < -0.3 is 10.4 Å². The lowest BCUT2D eigenvalue weighted by Crippen LogP contribution is -2.35. The maximum atomic E-state index is 12.2. The van der Waals surface area contributed by atoms with Crippen molar-refractivity contribution in [3.8, 4) is 0 Å². The number of aliphatic carboxylic acids is 1. The van der Waals surface area contributed by atoms with Crippen molar-refractivity contribution < 1.29 is 14.7 Å². The Morgan fingerprint density at radius 1 is 1.25 bits per heavy atom. The van der Waals surface area contributed by atoms with Gasteiger partial charge in [-0.05, 0) is 24.7 Å². The molecule has 1 amide bonds. The molecule has 0 spiro atoms. The number of amides is 1. The van der Waals surface area contributed by atoms with E-state index in [-0.39, 0.29) is 24.2 Å². The van der Waals surface area contributed by atoms with Gasteiger partial charge in [-0.3, -0.25) is 9.59 Å². The average Bonchev–Trinajstić information content (AvgIpc) is 2.42. The minimum absolute atomic E-state index is 0.0105. The third-order valence-corrected chi connectivity index (χ3v) is 4.35. The molecule has 1 rings (SSSR count). The Morgan fingerprint density at radius 3 is 2.45 bits per heavy atom. The molecule has 1 saturated carbocycles. The third-order valence-electron chi connectivity index (χ3n) is 4.35. The minimum Gasteiger partial charge on any atom is -0.481 e. The number of carbonyl (C=O) groups is 2. The fourth-order valence-corrected chi connectivity index (χ4v) is 3.07. The van der Waals surface area contributed by atoms with E-state index < -0.39 is 5.97 Å². The molecule has 1 aliphatic carbocycles. The van der Waals surface area contributed by atoms with Crippen LogP contribution in [0.15, 0.2) is 0 Å². The molecule has 0 bridgehead atoms. The highest BCUT2D eigenvalue weighted by Gasteiger charge is 2.23. The second kappa shape index (κ2) is 8.98. The van der Waals surface area contributed by atoms with Gasteiger partial charge in [0.15, 0.2) is 0 Å². The van der Waals surface area contributed by atoms with E-state index >= 15 is 0 Å². The number of carboxylic acid groups (broad SMARTS) is 1. The Labute approximate surface area is 122 Å². The molecular formula is C16H29NO3. The van der Waals surface area contributed by atoms with Crippen LogP contribution in [0, 0.1) is 17.8 Å². The van der Waals surface area contributed by atoms with Crippen LogP contribution in [-0.2, 0) is 9.59 Å². The number of hydrogen-bond acceptors (Lipinski definition) is 2. The van der Waals surface area contributed by atoms with Crippen molar-refractivity contribution in [2.45, 2.75) is 65.2 Å². The van der Waals surface area contributed by atoms with Crippen molar-refractivity contribution in [1.29, 1.82) is 0 Å². The summed E-state index contributed by atoms with van der Waals surface area (Å²) in [6.07, 6.45) is 8.45. The van der Waals surface area contributed by atoms with Gasteiger partial charge >= 0.3 is 5.97 Å². The summed E-state index contributed by atoms with van der Waals surface area (Å²) in [5.41, 5.74) is 0. The maximum absolute atomic E-state index is 12.2. The first-order chi connectivity index (χ1) is 9.52. The third kappa shape index (κ3) is 6.40. The maximum Gasteiger partial charge on any atom is 0.303 e. The van der Waals surface area contributed by atoms with E-state index in [0.29, 0.717) is 12.5 Å². The van der Waals surface area contributed by atoms with E-state index in [1.54, 1.807) is 0 Å². The largest absolute Gasteiger partial charge is 0.481 e. The molecule has 20 heavy (non-hydrogen) atoms. The fourth-order valence-electron chi connectivity index (χ4n) is 3.07. The second-order valence-corrected chi connectivity index (χ2v) is 6.29. The summed E-state index contributed by atoms with van der Waals surface area (Å²) < 4.78 is 0. The molecule has 2 unspecified atom stereocenters. The van der Waals surface area contributed by atoms with E-state index in [1.807, 2.05) is 6.92 Å². The van der Waals surface area contributed by atoms with Gasteiger partial charge in [-0.1, -0.05) is 46.0 Å². The normalized spacial score (nSPS) is 19.3. The summed E-state index contributed by atoms with van der Waals surface area (Å²) in [5.74, 6) is 0.0889. The van der Waals surface area contributed by atoms with Crippen LogP contribution >= 0.6 is 0 Å². The Balaban J connectivity index is 2.32. The average molecular weight is 283 g/mol. The van der Waals surface area contributed by atoms with Crippen LogP contribution in [0.4, 0.5) is 0 Å². The standard InChI is InChI=1S/C16H29NO3/c1-3-14(10-13-7-5-4-6-8-13)16(20)17-11-12(2)9-15(18)19/h12-14H,3-11H2,1-2H3,(H,17,20)(H,18,19). The molecule has 0 aromatic rings. The molecule has 0 heterocycles. The van der Waals surface area contributed by atoms with Crippen molar-refractivity contribution in [2.24, 2.45) is 17.8 Å². The quantitative estimate of drug-likeness (QED) is 0.719. The van der Waals surface area contributed by atoms with Gasteiger partial charge in [0.25, 0.3) is 0 Å². The van der Waals surface area contributed by atoms with E-state index in [0.717, 1.165) is 12.8 Å². The first-order valence-corrected chi connectivity index (χ1v) is 8.02. The summed E-state index contributed by atoms with van der Waals surface area (Å²) in [7, 11) is 0. The van der Waals surface area contributed by atoms with Gasteiger partial charge in [0.1, 0.15) is 0 Å². The molecule has 0 aromatic heterocycles. The van der Waals surface area contributed by atoms with Gasteiger partial charge in [0, 0.05) is 18.9 Å². The summed E-state index contributed by atoms with van der Waals surface area (Å²) in [6.45, 7) is 4.39. The Bertz CT molecular complexity index is 311. The van der Waals surface area contributed by atoms with E-state index in [1.165, 1.54) is 32.1 Å². The molecule has 0 radical (unpaired) electrons. The zero-order chi connectivity index (χ0) is 15.0. The first kappa shape index (κ1) is 17.0. The molecular weight excluding hydrogens is 254 g/mol. The van der Waals surface area contributed by atoms with Crippen molar-refractivity contribution in [3.63, 3.8) is 0 Å². The molecule has 116 valence electrons. The lowest BCUT2D eigenvalue weighted by molar-refractivity contribution is -0.138. The SMILES string of the molecule is CCC(CC1CCCCC1)C(=O)NCC(C)CC(=O)O. The van der Waals surface area contributed by atoms with Crippen molar-refractivity contribution in [1.82, 2.24) is 5.32 Å². The van der Waals surface area contributed by atoms with Gasteiger partial charge in [0.2, 0.25) is 5.91 Å². The zero-order valence-corrected chi connectivity index (χ0v) is 12.9. The molecule has 1 fully saturated rings. The topological polar surface area (TPSA) is 66.4 Å². The summed E-state index contributed by atoms with van der Waals surface area (Å²) >= 11 is 0. The second-order valence-electron chi connectivity index (χ2n) is 6.29. The number of carboxylic acids is 1. The van der Waals surface area contributed by atoms with Crippen LogP contribution in [-0.4, -0.2) is 23.5 Å². The van der Waals surface area contributed by atoms with Gasteiger partial charge in [-0.25, -0.2) is 0 Å². The highest BCUT2D eigenvalue weighted by molar-refractivity contribution is 5.78. The van der Waals surface area contributed by atoms with Crippen molar-refractivity contribution in [2.75, 3.05) is 6.54 Å². The minimum atomic E-state index is -0.805. The highest BCUT2D eigenvalue weighted by atomic mass is 16.4. The molecule has 2 atom stereocenters. The smallest absolute Gasteiger partial charge is 0.303 e. The van der Waals surface area contributed by atoms with Crippen LogP contribution in [0.25, 0.3) is 0 Å². The van der Waals surface area contributed by atoms with E-state index in [4.69, 9.17) is 5.11 Å². The summed E-state index contributed by atoms with van der Waals surface area (Å²) in [4.78, 5) is 22.8. The van der Waals surface area contributed by atoms with Gasteiger partial charge in [0.05, 0.1) is 0 Å². The predicted octanol–water partition coefficient (Wildman–Crippen LogP) is 3.21. The number of rotatable bonds is 8. The number of hydrogen-bond donors (Lipinski definition) is 2. The molecule has 0 aliphatic heterocycles. The first-order valence-electron chi connectivity index (χ1n) is 8.02. The van der Waals surface area contributed by atoms with Crippen LogP contribution in [0.2, 0.25) is 0 Å². The fraction of sp³-hybridized carbons (Fsp3) is 0.875. The lowest BCUT2D eigenvalue weighted by Gasteiger charge is -2.25. The Hall–Kier alpha value is -1.06. The molecule has 4 nitrogen and oxygen atoms in total. The Kier molecular flexibility index (Phi) is 7.63. The van der Waals surface area contributed by atoms with Crippen molar-refractivity contribution in [3.05, 3.63) is 0 Å². The summed E-state index contributed by atoms with van der Waals surface area (Å²) in [5, 5.41) is 11.6. The van der Waals surface area contributed by atoms with Crippen LogP contribution in [0.3, 0.4) is 0 Å². The van der Waals surface area contributed by atoms with E-state index in [2.05, 4.69) is 12.2 Å². The van der Waals surface area contributed by atoms with E-state index in [9.17, 15) is 9.59 Å². The number of nitrogens with one attached hydrogen (secondary N) is 1.